The van der Waals surface area contributed by atoms with Crippen molar-refractivity contribution in [2.75, 3.05) is 0 Å². The van der Waals surface area contributed by atoms with E-state index in [9.17, 15) is 0 Å². The molecular weight excluding hydrogens is 298 g/mol. The quantitative estimate of drug-likeness (QED) is 0.762. The van der Waals surface area contributed by atoms with Gasteiger partial charge in [0.05, 0.1) is 10.9 Å². The van der Waals surface area contributed by atoms with Crippen molar-refractivity contribution in [1.82, 2.24) is 9.55 Å². The topological polar surface area (TPSA) is 43.8 Å². The molecule has 0 aliphatic heterocycles. The minimum atomic E-state index is 0.0789. The molecule has 0 amide bonds. The molecule has 0 spiro atoms. The van der Waals surface area contributed by atoms with E-state index in [4.69, 9.17) is 5.73 Å². The molecule has 3 aromatic rings. The number of hydrogen-bond donors (Lipinski definition) is 1. The third-order valence-corrected chi connectivity index (χ3v) is 5.71. The third kappa shape index (κ3) is 2.69. The zero-order chi connectivity index (χ0) is 14.8. The molecule has 3 heterocycles. The first-order valence-corrected chi connectivity index (χ1v) is 8.84. The summed E-state index contributed by atoms with van der Waals surface area (Å²) in [7, 11) is 0. The molecule has 2 atom stereocenters. The van der Waals surface area contributed by atoms with Crippen LogP contribution in [0.4, 0.5) is 0 Å². The number of aryl methyl sites for hydroxylation is 1. The van der Waals surface area contributed by atoms with Crippen LogP contribution in [-0.4, -0.2) is 15.6 Å². The second-order valence-electron chi connectivity index (χ2n) is 5.12. The van der Waals surface area contributed by atoms with Gasteiger partial charge >= 0.3 is 0 Å². The van der Waals surface area contributed by atoms with Crippen LogP contribution in [0.5, 0.6) is 0 Å². The van der Waals surface area contributed by atoms with Crippen LogP contribution >= 0.6 is 22.7 Å². The maximum atomic E-state index is 6.45. The normalized spacial score (nSPS) is 14.2. The number of rotatable bonds is 5. The van der Waals surface area contributed by atoms with E-state index in [0.29, 0.717) is 0 Å². The van der Waals surface area contributed by atoms with Gasteiger partial charge in [-0.15, -0.1) is 22.7 Å². The second-order valence-corrected chi connectivity index (χ2v) is 7.02. The second kappa shape index (κ2) is 6.13. The molecule has 2 unspecified atom stereocenters. The van der Waals surface area contributed by atoms with Gasteiger partial charge in [0, 0.05) is 23.3 Å². The Labute approximate surface area is 133 Å². The summed E-state index contributed by atoms with van der Waals surface area (Å²) in [5, 5.41) is 4.22. The van der Waals surface area contributed by atoms with Gasteiger partial charge < -0.3 is 10.3 Å². The van der Waals surface area contributed by atoms with Crippen molar-refractivity contribution < 1.29 is 0 Å². The van der Waals surface area contributed by atoms with Gasteiger partial charge in [-0.25, -0.2) is 4.98 Å². The Morgan fingerprint density at radius 2 is 2.14 bits per heavy atom. The zero-order valence-electron chi connectivity index (χ0n) is 12.2. The molecule has 5 heteroatoms. The van der Waals surface area contributed by atoms with Crippen LogP contribution in [0.1, 0.15) is 29.8 Å². The van der Waals surface area contributed by atoms with Crippen molar-refractivity contribution in [3.05, 3.63) is 51.8 Å². The summed E-state index contributed by atoms with van der Waals surface area (Å²) in [6, 6.07) is 6.56. The molecule has 21 heavy (non-hydrogen) atoms. The van der Waals surface area contributed by atoms with Crippen LogP contribution in [0.25, 0.3) is 10.7 Å². The van der Waals surface area contributed by atoms with Crippen LogP contribution in [0, 0.1) is 6.92 Å². The highest BCUT2D eigenvalue weighted by atomic mass is 32.1. The molecule has 0 radical (unpaired) electrons. The van der Waals surface area contributed by atoms with Crippen LogP contribution < -0.4 is 5.73 Å². The van der Waals surface area contributed by atoms with Gasteiger partial charge in [-0.1, -0.05) is 13.0 Å². The average Bonchev–Trinajstić information content (AvgIpc) is 3.20. The monoisotopic (exact) mass is 317 g/mol. The molecule has 2 N–H and O–H groups in total. The molecule has 0 fully saturated rings. The zero-order valence-corrected chi connectivity index (χ0v) is 13.8. The molecule has 0 bridgehead atoms. The van der Waals surface area contributed by atoms with Gasteiger partial charge in [0.25, 0.3) is 0 Å². The van der Waals surface area contributed by atoms with Crippen LogP contribution in [-0.2, 0) is 0 Å². The Bertz CT molecular complexity index is 697. The summed E-state index contributed by atoms with van der Waals surface area (Å²) in [6.45, 7) is 4.30. The molecule has 3 rings (SSSR count). The Hall–Kier alpha value is -1.43. The summed E-state index contributed by atoms with van der Waals surface area (Å²) in [5.74, 6) is 1.01. The molecule has 0 saturated carbocycles. The lowest BCUT2D eigenvalue weighted by Gasteiger charge is -2.26. The number of hydrogen-bond acceptors (Lipinski definition) is 4. The van der Waals surface area contributed by atoms with Crippen molar-refractivity contribution in [2.45, 2.75) is 32.4 Å². The minimum Gasteiger partial charge on any atom is -0.326 e. The van der Waals surface area contributed by atoms with Crippen molar-refractivity contribution in [3.63, 3.8) is 0 Å². The number of thiophene rings is 2. The van der Waals surface area contributed by atoms with Crippen LogP contribution in [0.2, 0.25) is 0 Å². The number of imidazole rings is 1. The highest BCUT2D eigenvalue weighted by Gasteiger charge is 2.25. The predicted molar refractivity (Wildman–Crippen MR) is 91.0 cm³/mol. The van der Waals surface area contributed by atoms with Crippen molar-refractivity contribution in [2.24, 2.45) is 5.73 Å². The maximum absolute atomic E-state index is 6.45. The number of nitrogens with zero attached hydrogens (tertiary/aromatic N) is 2. The van der Waals surface area contributed by atoms with E-state index in [1.165, 1.54) is 15.3 Å². The van der Waals surface area contributed by atoms with Crippen LogP contribution in [0.15, 0.2) is 41.4 Å². The fraction of sp³-hybridized carbons (Fsp3) is 0.312. The molecule has 0 aliphatic rings. The van der Waals surface area contributed by atoms with E-state index in [2.05, 4.69) is 58.6 Å². The van der Waals surface area contributed by atoms with Gasteiger partial charge in [-0.05, 0) is 41.8 Å². The van der Waals surface area contributed by atoms with E-state index in [0.717, 1.165) is 12.2 Å². The SMILES string of the molecule is CCC(N)C(c1sccc1C)n1ccnc1-c1cccs1. The van der Waals surface area contributed by atoms with Gasteiger partial charge in [0.15, 0.2) is 5.82 Å². The van der Waals surface area contributed by atoms with E-state index in [1.54, 1.807) is 22.7 Å². The Kier molecular flexibility index (Phi) is 4.24. The highest BCUT2D eigenvalue weighted by Crippen LogP contribution is 2.34. The number of nitrogens with two attached hydrogens (primary N) is 1. The molecular formula is C16H19N3S2. The van der Waals surface area contributed by atoms with Gasteiger partial charge in [-0.3, -0.25) is 0 Å². The van der Waals surface area contributed by atoms with Crippen molar-refractivity contribution in [1.29, 1.82) is 0 Å². The van der Waals surface area contributed by atoms with Crippen LogP contribution in [0.3, 0.4) is 0 Å². The lowest BCUT2D eigenvalue weighted by Crippen LogP contribution is -2.32. The standard InChI is InChI=1S/C16H19N3S2/c1-3-12(17)14(15-11(2)6-10-21-15)19-8-7-18-16(19)13-5-4-9-20-13/h4-10,12,14H,3,17H2,1-2H3. The summed E-state index contributed by atoms with van der Waals surface area (Å²) in [6.07, 6.45) is 4.85. The maximum Gasteiger partial charge on any atom is 0.150 e. The van der Waals surface area contributed by atoms with Gasteiger partial charge in [-0.2, -0.15) is 0 Å². The first-order valence-electron chi connectivity index (χ1n) is 7.08. The smallest absolute Gasteiger partial charge is 0.150 e. The van der Waals surface area contributed by atoms with E-state index in [-0.39, 0.29) is 12.1 Å². The first kappa shape index (κ1) is 14.5. The molecule has 0 aliphatic carbocycles. The third-order valence-electron chi connectivity index (χ3n) is 3.76. The fourth-order valence-electron chi connectivity index (χ4n) is 2.57. The van der Waals surface area contributed by atoms with Gasteiger partial charge in [0.1, 0.15) is 0 Å². The Morgan fingerprint density at radius 3 is 2.76 bits per heavy atom. The molecule has 3 nitrogen and oxygen atoms in total. The van der Waals surface area contributed by atoms with Gasteiger partial charge in [0.2, 0.25) is 0 Å². The summed E-state index contributed by atoms with van der Waals surface area (Å²) in [5.41, 5.74) is 7.76. The van der Waals surface area contributed by atoms with E-state index >= 15 is 0 Å². The van der Waals surface area contributed by atoms with Crippen molar-refractivity contribution in [3.8, 4) is 10.7 Å². The van der Waals surface area contributed by atoms with E-state index < -0.39 is 0 Å². The lowest BCUT2D eigenvalue weighted by atomic mass is 10.0. The summed E-state index contributed by atoms with van der Waals surface area (Å²) >= 11 is 3.49. The first-order chi connectivity index (χ1) is 10.2. The van der Waals surface area contributed by atoms with E-state index in [1.807, 2.05) is 6.20 Å². The summed E-state index contributed by atoms with van der Waals surface area (Å²) in [4.78, 5) is 7.07. The largest absolute Gasteiger partial charge is 0.326 e. The molecule has 0 saturated heterocycles. The molecule has 3 aromatic heterocycles. The fourth-order valence-corrected chi connectivity index (χ4v) is 4.40. The molecule has 0 aromatic carbocycles. The average molecular weight is 317 g/mol. The highest BCUT2D eigenvalue weighted by molar-refractivity contribution is 7.13. The predicted octanol–water partition coefficient (Wildman–Crippen LogP) is 4.31. The van der Waals surface area contributed by atoms with Crippen molar-refractivity contribution >= 4 is 22.7 Å². The lowest BCUT2D eigenvalue weighted by molar-refractivity contribution is 0.467. The Morgan fingerprint density at radius 1 is 1.29 bits per heavy atom. The minimum absolute atomic E-state index is 0.0789. The Balaban J connectivity index is 2.10. The molecule has 110 valence electrons. The number of aromatic nitrogens is 2. The summed E-state index contributed by atoms with van der Waals surface area (Å²) < 4.78 is 2.23.